The van der Waals surface area contributed by atoms with Crippen LogP contribution >= 0.6 is 0 Å². The Labute approximate surface area is 167 Å². The van der Waals surface area contributed by atoms with E-state index in [0.717, 1.165) is 58.1 Å². The van der Waals surface area contributed by atoms with Gasteiger partial charge in [-0.25, -0.2) is 0 Å². The summed E-state index contributed by atoms with van der Waals surface area (Å²) in [4.78, 5) is 4.29. The number of hydrogen-bond donors (Lipinski definition) is 2. The van der Waals surface area contributed by atoms with Crippen LogP contribution in [0.2, 0.25) is 0 Å². The van der Waals surface area contributed by atoms with Crippen molar-refractivity contribution in [3.63, 3.8) is 0 Å². The van der Waals surface area contributed by atoms with Crippen LogP contribution < -0.4 is 10.6 Å². The van der Waals surface area contributed by atoms with Gasteiger partial charge in [0, 0.05) is 45.7 Å². The van der Waals surface area contributed by atoms with Crippen LogP contribution in [0.5, 0.6) is 0 Å². The molecule has 28 heavy (non-hydrogen) atoms. The monoisotopic (exact) mass is 385 g/mol. The highest BCUT2D eigenvalue weighted by atomic mass is 16.5. The van der Waals surface area contributed by atoms with Crippen molar-refractivity contribution < 1.29 is 9.47 Å². The van der Waals surface area contributed by atoms with E-state index in [1.165, 1.54) is 11.1 Å². The highest BCUT2D eigenvalue weighted by Gasteiger charge is 2.14. The van der Waals surface area contributed by atoms with E-state index in [4.69, 9.17) is 9.47 Å². The average Bonchev–Trinajstić information content (AvgIpc) is 3.41. The molecule has 2 N–H and O–H groups in total. The molecule has 0 radical (unpaired) electrons. The Morgan fingerprint density at radius 1 is 1.32 bits per heavy atom. The number of aromatic nitrogens is 2. The van der Waals surface area contributed by atoms with E-state index in [0.29, 0.717) is 12.7 Å². The molecular formula is C21H31N5O2. The maximum absolute atomic E-state index is 5.69. The van der Waals surface area contributed by atoms with E-state index in [1.807, 2.05) is 16.9 Å². The van der Waals surface area contributed by atoms with Gasteiger partial charge in [-0.3, -0.25) is 9.67 Å². The third-order valence-electron chi connectivity index (χ3n) is 4.66. The molecule has 0 saturated carbocycles. The molecule has 2 aromatic rings. The smallest absolute Gasteiger partial charge is 0.191 e. The summed E-state index contributed by atoms with van der Waals surface area (Å²) in [5.41, 5.74) is 2.45. The standard InChI is InChI=1S/C21H31N5O2/c1-22-21(23-9-5-12-27-17-20-8-3-13-28-20)24-15-18-6-2-7-19(14-18)16-26-11-4-10-25-26/h2,4,6-7,10-11,14,20H,3,5,8-9,12-13,15-17H2,1H3,(H2,22,23,24). The van der Waals surface area contributed by atoms with Crippen LogP contribution in [0, 0.1) is 0 Å². The summed E-state index contributed by atoms with van der Waals surface area (Å²) >= 11 is 0. The second-order valence-corrected chi connectivity index (χ2v) is 6.94. The molecule has 7 nitrogen and oxygen atoms in total. The zero-order valence-electron chi connectivity index (χ0n) is 16.6. The topological polar surface area (TPSA) is 72.7 Å². The molecule has 3 rings (SSSR count). The molecule has 1 aliphatic rings. The Balaban J connectivity index is 1.32. The molecule has 0 amide bonds. The van der Waals surface area contributed by atoms with Gasteiger partial charge in [-0.1, -0.05) is 24.3 Å². The van der Waals surface area contributed by atoms with Gasteiger partial charge < -0.3 is 20.1 Å². The molecule has 1 unspecified atom stereocenters. The van der Waals surface area contributed by atoms with Crippen molar-refractivity contribution >= 4 is 5.96 Å². The van der Waals surface area contributed by atoms with Gasteiger partial charge >= 0.3 is 0 Å². The molecule has 0 spiro atoms. The van der Waals surface area contributed by atoms with Crippen LogP contribution in [0.25, 0.3) is 0 Å². The number of rotatable bonds is 10. The van der Waals surface area contributed by atoms with Crippen molar-refractivity contribution in [3.05, 3.63) is 53.9 Å². The molecule has 1 aromatic carbocycles. The van der Waals surface area contributed by atoms with Crippen LogP contribution in [-0.2, 0) is 22.6 Å². The fourth-order valence-electron chi connectivity index (χ4n) is 3.20. The third kappa shape index (κ3) is 6.98. The first-order valence-corrected chi connectivity index (χ1v) is 10.0. The van der Waals surface area contributed by atoms with Gasteiger partial charge in [-0.2, -0.15) is 5.10 Å². The molecule has 1 aromatic heterocycles. The van der Waals surface area contributed by atoms with Gasteiger partial charge in [-0.05, 0) is 36.5 Å². The number of hydrogen-bond acceptors (Lipinski definition) is 4. The van der Waals surface area contributed by atoms with E-state index in [1.54, 1.807) is 13.2 Å². The fraction of sp³-hybridized carbons (Fsp3) is 0.524. The SMILES string of the molecule is CN=C(NCCCOCC1CCCO1)NCc1cccc(Cn2cccn2)c1. The molecular weight excluding hydrogens is 354 g/mol. The largest absolute Gasteiger partial charge is 0.379 e. The molecule has 152 valence electrons. The maximum Gasteiger partial charge on any atom is 0.191 e. The minimum Gasteiger partial charge on any atom is -0.379 e. The molecule has 0 aliphatic carbocycles. The number of benzene rings is 1. The predicted octanol–water partition coefficient (Wildman–Crippen LogP) is 2.18. The van der Waals surface area contributed by atoms with Crippen LogP contribution in [0.1, 0.15) is 30.4 Å². The van der Waals surface area contributed by atoms with E-state index in [2.05, 4.69) is 45.0 Å². The lowest BCUT2D eigenvalue weighted by Crippen LogP contribution is -2.37. The fourth-order valence-corrected chi connectivity index (χ4v) is 3.20. The lowest BCUT2D eigenvalue weighted by atomic mass is 10.1. The van der Waals surface area contributed by atoms with Crippen LogP contribution in [-0.4, -0.2) is 55.3 Å². The Kier molecular flexibility index (Phi) is 8.33. The van der Waals surface area contributed by atoms with Crippen molar-refractivity contribution in [1.29, 1.82) is 0 Å². The molecule has 0 bridgehead atoms. The zero-order valence-corrected chi connectivity index (χ0v) is 16.6. The summed E-state index contributed by atoms with van der Waals surface area (Å²) in [5, 5.41) is 11.0. The van der Waals surface area contributed by atoms with Gasteiger partial charge in [0.2, 0.25) is 0 Å². The summed E-state index contributed by atoms with van der Waals surface area (Å²) in [6, 6.07) is 10.5. The highest BCUT2D eigenvalue weighted by Crippen LogP contribution is 2.11. The summed E-state index contributed by atoms with van der Waals surface area (Å²) in [6.45, 7) is 4.65. The van der Waals surface area contributed by atoms with Gasteiger partial charge in [0.15, 0.2) is 5.96 Å². The Morgan fingerprint density at radius 2 is 2.25 bits per heavy atom. The molecule has 1 saturated heterocycles. The normalized spacial score (nSPS) is 17.0. The molecule has 1 aliphatic heterocycles. The van der Waals surface area contributed by atoms with E-state index < -0.39 is 0 Å². The number of ether oxygens (including phenoxy) is 2. The summed E-state index contributed by atoms with van der Waals surface area (Å²) in [5.74, 6) is 0.802. The molecule has 7 heteroatoms. The first-order valence-electron chi connectivity index (χ1n) is 10.0. The van der Waals surface area contributed by atoms with Crippen molar-refractivity contribution in [2.24, 2.45) is 4.99 Å². The van der Waals surface area contributed by atoms with Gasteiger partial charge in [0.25, 0.3) is 0 Å². The average molecular weight is 386 g/mol. The summed E-state index contributed by atoms with van der Waals surface area (Å²) < 4.78 is 13.2. The zero-order chi connectivity index (χ0) is 19.4. The van der Waals surface area contributed by atoms with Crippen molar-refractivity contribution in [1.82, 2.24) is 20.4 Å². The minimum absolute atomic E-state index is 0.298. The first kappa shape index (κ1) is 20.4. The third-order valence-corrected chi connectivity index (χ3v) is 4.66. The van der Waals surface area contributed by atoms with E-state index >= 15 is 0 Å². The Bertz CT molecular complexity index is 711. The lowest BCUT2D eigenvalue weighted by molar-refractivity contribution is 0.0168. The molecule has 2 heterocycles. The summed E-state index contributed by atoms with van der Waals surface area (Å²) in [6.07, 6.45) is 7.29. The minimum atomic E-state index is 0.298. The van der Waals surface area contributed by atoms with Gasteiger partial charge in [-0.15, -0.1) is 0 Å². The quantitative estimate of drug-likeness (QED) is 0.373. The number of nitrogens with zero attached hydrogens (tertiary/aromatic N) is 3. The van der Waals surface area contributed by atoms with Crippen LogP contribution in [0.4, 0.5) is 0 Å². The van der Waals surface area contributed by atoms with Crippen molar-refractivity contribution in [2.75, 3.05) is 33.4 Å². The maximum atomic E-state index is 5.69. The van der Waals surface area contributed by atoms with Gasteiger partial charge in [0.05, 0.1) is 19.3 Å². The van der Waals surface area contributed by atoms with Crippen LogP contribution in [0.15, 0.2) is 47.7 Å². The second-order valence-electron chi connectivity index (χ2n) is 6.94. The predicted molar refractivity (Wildman–Crippen MR) is 110 cm³/mol. The van der Waals surface area contributed by atoms with E-state index in [-0.39, 0.29) is 0 Å². The highest BCUT2D eigenvalue weighted by molar-refractivity contribution is 5.79. The lowest BCUT2D eigenvalue weighted by Gasteiger charge is -2.13. The number of nitrogens with one attached hydrogen (secondary N) is 2. The van der Waals surface area contributed by atoms with Crippen molar-refractivity contribution in [2.45, 2.75) is 38.5 Å². The van der Waals surface area contributed by atoms with E-state index in [9.17, 15) is 0 Å². The molecule has 1 atom stereocenters. The number of guanidine groups is 1. The summed E-state index contributed by atoms with van der Waals surface area (Å²) in [7, 11) is 1.79. The number of aliphatic imine (C=N–C) groups is 1. The first-order chi connectivity index (χ1) is 13.8. The second kappa shape index (κ2) is 11.5. The Hall–Kier alpha value is -2.38. The van der Waals surface area contributed by atoms with Crippen molar-refractivity contribution in [3.8, 4) is 0 Å². The molecule has 1 fully saturated rings. The van der Waals surface area contributed by atoms with Gasteiger partial charge in [0.1, 0.15) is 0 Å². The van der Waals surface area contributed by atoms with Crippen LogP contribution in [0.3, 0.4) is 0 Å². The Morgan fingerprint density at radius 3 is 3.04 bits per heavy atom.